The molecule has 0 atom stereocenters. The average Bonchev–Trinajstić information content (AvgIpc) is 3.26. The van der Waals surface area contributed by atoms with Gasteiger partial charge in [-0.25, -0.2) is 9.97 Å². The largest absolute Gasteiger partial charge is 0.386 e. The number of fused-ring (bicyclic) bond motifs is 1. The fourth-order valence-corrected chi connectivity index (χ4v) is 4.75. The highest BCUT2D eigenvalue weighted by molar-refractivity contribution is 7.97. The normalized spacial score (nSPS) is 14.5. The van der Waals surface area contributed by atoms with Crippen LogP contribution in [0.25, 0.3) is 33.5 Å². The number of aliphatic hydroxyl groups is 1. The molecule has 3 aromatic heterocycles. The standard InChI is InChI=1S/C26H27N5O3S/c1-26(2,33)19-6-7-27-22(13-19)18-14-28-24(29-15-18)21-16-31(35-3)23-5-4-17(12-20(21)23)25(32)30-8-10-34-11-9-30/h4-7,12-16,33H,8-11H2,1-3H3. The molecule has 8 nitrogen and oxygen atoms in total. The zero-order valence-corrected chi connectivity index (χ0v) is 20.7. The number of carbonyl (C=O) groups is 1. The maximum absolute atomic E-state index is 13.1. The second kappa shape index (κ2) is 9.41. The van der Waals surface area contributed by atoms with Gasteiger partial charge >= 0.3 is 0 Å². The zero-order chi connectivity index (χ0) is 24.6. The van der Waals surface area contributed by atoms with E-state index in [1.165, 1.54) is 0 Å². The van der Waals surface area contributed by atoms with Crippen LogP contribution in [-0.4, -0.2) is 67.4 Å². The number of benzene rings is 1. The van der Waals surface area contributed by atoms with Crippen molar-refractivity contribution in [2.24, 2.45) is 0 Å². The van der Waals surface area contributed by atoms with Gasteiger partial charge in [0, 0.05) is 66.2 Å². The number of nitrogens with zero attached hydrogens (tertiary/aromatic N) is 5. The molecule has 9 heteroatoms. The molecule has 0 radical (unpaired) electrons. The zero-order valence-electron chi connectivity index (χ0n) is 19.9. The van der Waals surface area contributed by atoms with Gasteiger partial charge in [0.1, 0.15) is 0 Å². The Morgan fingerprint density at radius 3 is 2.51 bits per heavy atom. The van der Waals surface area contributed by atoms with E-state index in [1.54, 1.807) is 50.5 Å². The van der Waals surface area contributed by atoms with Gasteiger partial charge in [-0.3, -0.25) is 13.8 Å². The smallest absolute Gasteiger partial charge is 0.254 e. The first-order valence-electron chi connectivity index (χ1n) is 11.4. The molecule has 5 rings (SSSR count). The molecule has 1 aromatic carbocycles. The third-order valence-electron chi connectivity index (χ3n) is 6.17. The van der Waals surface area contributed by atoms with E-state index in [1.807, 2.05) is 41.6 Å². The minimum absolute atomic E-state index is 0.00656. The third-order valence-corrected chi connectivity index (χ3v) is 6.86. The van der Waals surface area contributed by atoms with Crippen LogP contribution in [0.2, 0.25) is 0 Å². The van der Waals surface area contributed by atoms with Crippen LogP contribution in [-0.2, 0) is 10.3 Å². The van der Waals surface area contributed by atoms with Crippen molar-refractivity contribution in [3.05, 3.63) is 66.2 Å². The summed E-state index contributed by atoms with van der Waals surface area (Å²) < 4.78 is 7.44. The summed E-state index contributed by atoms with van der Waals surface area (Å²) in [6, 6.07) is 9.43. The Labute approximate surface area is 208 Å². The van der Waals surface area contributed by atoms with Crippen molar-refractivity contribution in [2.75, 3.05) is 32.6 Å². The molecule has 1 aliphatic heterocycles. The summed E-state index contributed by atoms with van der Waals surface area (Å²) in [5, 5.41) is 11.3. The molecule has 1 amide bonds. The van der Waals surface area contributed by atoms with Crippen molar-refractivity contribution >= 4 is 28.8 Å². The topological polar surface area (TPSA) is 93.4 Å². The third kappa shape index (κ3) is 4.67. The first-order valence-corrected chi connectivity index (χ1v) is 12.6. The number of carbonyl (C=O) groups excluding carboxylic acids is 1. The lowest BCUT2D eigenvalue weighted by Gasteiger charge is -2.26. The predicted molar refractivity (Wildman–Crippen MR) is 137 cm³/mol. The van der Waals surface area contributed by atoms with Gasteiger partial charge in [-0.15, -0.1) is 0 Å². The van der Waals surface area contributed by atoms with Crippen LogP contribution in [0.3, 0.4) is 0 Å². The van der Waals surface area contributed by atoms with Gasteiger partial charge in [0.05, 0.1) is 30.0 Å². The Bertz CT molecular complexity index is 1370. The second-order valence-corrected chi connectivity index (χ2v) is 9.73. The van der Waals surface area contributed by atoms with E-state index >= 15 is 0 Å². The van der Waals surface area contributed by atoms with Crippen LogP contribution < -0.4 is 0 Å². The van der Waals surface area contributed by atoms with Crippen molar-refractivity contribution in [2.45, 2.75) is 19.4 Å². The number of morpholine rings is 1. The Morgan fingerprint density at radius 2 is 1.83 bits per heavy atom. The highest BCUT2D eigenvalue weighted by Gasteiger charge is 2.21. The number of hydrogen-bond donors (Lipinski definition) is 1. The number of pyridine rings is 1. The van der Waals surface area contributed by atoms with E-state index in [2.05, 4.69) is 18.9 Å². The molecule has 0 saturated carbocycles. The molecule has 0 aliphatic carbocycles. The Kier molecular flexibility index (Phi) is 6.31. The summed E-state index contributed by atoms with van der Waals surface area (Å²) >= 11 is 1.58. The van der Waals surface area contributed by atoms with Crippen LogP contribution in [0.5, 0.6) is 0 Å². The molecular weight excluding hydrogens is 462 g/mol. The lowest BCUT2D eigenvalue weighted by molar-refractivity contribution is 0.0303. The minimum atomic E-state index is -0.964. The van der Waals surface area contributed by atoms with E-state index in [9.17, 15) is 9.90 Å². The van der Waals surface area contributed by atoms with Gasteiger partial charge in [0.25, 0.3) is 5.91 Å². The summed E-state index contributed by atoms with van der Waals surface area (Å²) in [6.07, 6.45) is 9.16. The highest BCUT2D eigenvalue weighted by atomic mass is 32.2. The quantitative estimate of drug-likeness (QED) is 0.453. The van der Waals surface area contributed by atoms with Crippen molar-refractivity contribution in [3.8, 4) is 22.6 Å². The van der Waals surface area contributed by atoms with Gasteiger partial charge in [-0.2, -0.15) is 0 Å². The summed E-state index contributed by atoms with van der Waals surface area (Å²) in [7, 11) is 0. The SMILES string of the molecule is CSn1cc(-c2ncc(-c3cc(C(C)(C)O)ccn3)cn2)c2cc(C(=O)N3CCOCC3)ccc21. The van der Waals surface area contributed by atoms with Gasteiger partial charge < -0.3 is 14.7 Å². The summed E-state index contributed by atoms with van der Waals surface area (Å²) in [6.45, 7) is 5.81. The fraction of sp³-hybridized carbons (Fsp3) is 0.308. The first kappa shape index (κ1) is 23.5. The molecule has 4 aromatic rings. The number of rotatable bonds is 5. The van der Waals surface area contributed by atoms with E-state index in [0.717, 1.165) is 27.6 Å². The van der Waals surface area contributed by atoms with Crippen molar-refractivity contribution < 1.29 is 14.6 Å². The van der Waals surface area contributed by atoms with Gasteiger partial charge in [-0.1, -0.05) is 0 Å². The van der Waals surface area contributed by atoms with Gasteiger partial charge in [-0.05, 0) is 61.7 Å². The van der Waals surface area contributed by atoms with Crippen LogP contribution >= 0.6 is 11.9 Å². The molecule has 0 spiro atoms. The molecule has 1 aliphatic rings. The van der Waals surface area contributed by atoms with Crippen molar-refractivity contribution in [1.29, 1.82) is 0 Å². The van der Waals surface area contributed by atoms with Gasteiger partial charge in [0.15, 0.2) is 5.82 Å². The molecule has 0 unspecified atom stereocenters. The minimum Gasteiger partial charge on any atom is -0.386 e. The highest BCUT2D eigenvalue weighted by Crippen LogP contribution is 2.32. The lowest BCUT2D eigenvalue weighted by Crippen LogP contribution is -2.40. The van der Waals surface area contributed by atoms with E-state index in [0.29, 0.717) is 43.4 Å². The lowest BCUT2D eigenvalue weighted by atomic mass is 9.98. The predicted octanol–water partition coefficient (Wildman–Crippen LogP) is 3.99. The number of aromatic nitrogens is 4. The molecule has 1 fully saturated rings. The van der Waals surface area contributed by atoms with E-state index in [4.69, 9.17) is 4.74 Å². The summed E-state index contributed by atoms with van der Waals surface area (Å²) in [5.74, 6) is 0.577. The summed E-state index contributed by atoms with van der Waals surface area (Å²) in [5.41, 5.74) is 3.76. The molecule has 0 bridgehead atoms. The van der Waals surface area contributed by atoms with Gasteiger partial charge in [0.2, 0.25) is 0 Å². The average molecular weight is 490 g/mol. The molecule has 1 saturated heterocycles. The van der Waals surface area contributed by atoms with Crippen molar-refractivity contribution in [1.82, 2.24) is 23.8 Å². The van der Waals surface area contributed by atoms with Crippen LogP contribution in [0.4, 0.5) is 0 Å². The van der Waals surface area contributed by atoms with Crippen LogP contribution in [0, 0.1) is 0 Å². The maximum atomic E-state index is 13.1. The Morgan fingerprint density at radius 1 is 1.09 bits per heavy atom. The number of hydrogen-bond acceptors (Lipinski definition) is 7. The maximum Gasteiger partial charge on any atom is 0.254 e. The molecule has 180 valence electrons. The molecule has 1 N–H and O–H groups in total. The summed E-state index contributed by atoms with van der Waals surface area (Å²) in [4.78, 5) is 28.6. The van der Waals surface area contributed by atoms with Crippen LogP contribution in [0.1, 0.15) is 29.8 Å². The molecule has 4 heterocycles. The van der Waals surface area contributed by atoms with Crippen molar-refractivity contribution in [3.63, 3.8) is 0 Å². The number of ether oxygens (including phenoxy) is 1. The van der Waals surface area contributed by atoms with E-state index < -0.39 is 5.60 Å². The Balaban J connectivity index is 1.51. The fourth-order valence-electron chi connectivity index (χ4n) is 4.18. The monoisotopic (exact) mass is 489 g/mol. The molecule has 35 heavy (non-hydrogen) atoms. The first-order chi connectivity index (χ1) is 16.8. The Hall–Kier alpha value is -3.27. The molecular formula is C26H27N5O3S. The second-order valence-electron chi connectivity index (χ2n) is 8.97. The van der Waals surface area contributed by atoms with E-state index in [-0.39, 0.29) is 5.91 Å². The van der Waals surface area contributed by atoms with Crippen LogP contribution in [0.15, 0.2) is 55.1 Å². The number of amides is 1.